The van der Waals surface area contributed by atoms with Crippen LogP contribution < -0.4 is 0 Å². The topological polar surface area (TPSA) is 34.1 Å². The minimum Gasteiger partial charge on any atom is -0.303 e. The van der Waals surface area contributed by atoms with E-state index in [9.17, 15) is 9.59 Å². The molecule has 5 rings (SSSR count). The van der Waals surface area contributed by atoms with E-state index in [0.717, 1.165) is 42.8 Å². The number of aldehydes is 1. The van der Waals surface area contributed by atoms with E-state index >= 15 is 0 Å². The molecule has 5 atom stereocenters. The lowest BCUT2D eigenvalue weighted by molar-refractivity contribution is -0.116. The molecule has 5 aliphatic carbocycles. The average molecular weight is 355 g/mol. The molecule has 3 fully saturated rings. The number of allylic oxidation sites excluding steroid dienone is 4. The fraction of sp³-hybridized carbons (Fsp3) is 0.750. The number of fused-ring (bicyclic) bond motifs is 6. The van der Waals surface area contributed by atoms with Gasteiger partial charge in [0.2, 0.25) is 0 Å². The number of rotatable bonds is 1. The van der Waals surface area contributed by atoms with Crippen molar-refractivity contribution in [2.45, 2.75) is 78.6 Å². The highest BCUT2D eigenvalue weighted by molar-refractivity contribution is 5.92. The Morgan fingerprint density at radius 1 is 1.19 bits per heavy atom. The summed E-state index contributed by atoms with van der Waals surface area (Å²) in [5.41, 5.74) is 4.18. The van der Waals surface area contributed by atoms with Crippen LogP contribution in [0.1, 0.15) is 78.6 Å². The second-order valence-corrected chi connectivity index (χ2v) is 9.82. The van der Waals surface area contributed by atoms with Crippen molar-refractivity contribution in [1.82, 2.24) is 0 Å². The molecule has 5 aliphatic rings. The van der Waals surface area contributed by atoms with Crippen LogP contribution in [0.5, 0.6) is 0 Å². The Bertz CT molecular complexity index is 666. The van der Waals surface area contributed by atoms with Crippen molar-refractivity contribution < 1.29 is 9.59 Å². The van der Waals surface area contributed by atoms with Crippen LogP contribution in [-0.4, -0.2) is 12.1 Å². The second-order valence-electron chi connectivity index (χ2n) is 9.82. The summed E-state index contributed by atoms with van der Waals surface area (Å²) >= 11 is 0. The molecule has 5 unspecified atom stereocenters. The molecule has 0 aliphatic heterocycles. The molecule has 0 aromatic rings. The molecule has 0 aromatic carbocycles. The van der Waals surface area contributed by atoms with Crippen LogP contribution >= 0.6 is 0 Å². The standard InChI is InChI=1S/C21H28O.C3H6O/c1-13-3-4-16-15(13)5-6-18-17(16)12-21(9-10-21)19-11-14(22)7-8-20(18,19)2;1-2-3-4/h4,11,13,15,17-18H,3,5-10,12H2,1-2H3;3H,2H2,1H3. The van der Waals surface area contributed by atoms with Gasteiger partial charge in [0.15, 0.2) is 5.78 Å². The summed E-state index contributed by atoms with van der Waals surface area (Å²) < 4.78 is 0. The van der Waals surface area contributed by atoms with Gasteiger partial charge in [-0.3, -0.25) is 4.79 Å². The first-order chi connectivity index (χ1) is 12.4. The van der Waals surface area contributed by atoms with Crippen molar-refractivity contribution in [1.29, 1.82) is 0 Å². The van der Waals surface area contributed by atoms with E-state index in [0.29, 0.717) is 23.0 Å². The normalized spacial score (nSPS) is 41.7. The molecule has 0 radical (unpaired) electrons. The lowest BCUT2D eigenvalue weighted by atomic mass is 9.47. The predicted octanol–water partition coefficient (Wildman–Crippen LogP) is 5.67. The average Bonchev–Trinajstić information content (AvgIpc) is 3.31. The van der Waals surface area contributed by atoms with Gasteiger partial charge in [0, 0.05) is 12.8 Å². The summed E-state index contributed by atoms with van der Waals surface area (Å²) in [6, 6.07) is 0. The summed E-state index contributed by atoms with van der Waals surface area (Å²) in [6.45, 7) is 6.78. The maximum atomic E-state index is 12.1. The van der Waals surface area contributed by atoms with Crippen LogP contribution in [0.3, 0.4) is 0 Å². The van der Waals surface area contributed by atoms with Crippen LogP contribution in [0.4, 0.5) is 0 Å². The maximum Gasteiger partial charge on any atom is 0.155 e. The number of carbonyl (C=O) groups excluding carboxylic acids is 2. The Hall–Kier alpha value is -1.18. The fourth-order valence-electron chi connectivity index (χ4n) is 6.87. The zero-order valence-corrected chi connectivity index (χ0v) is 16.7. The molecule has 3 saturated carbocycles. The van der Waals surface area contributed by atoms with E-state index in [1.54, 1.807) is 5.57 Å². The van der Waals surface area contributed by atoms with Gasteiger partial charge >= 0.3 is 0 Å². The third-order valence-corrected chi connectivity index (χ3v) is 8.37. The Balaban J connectivity index is 0.000000385. The van der Waals surface area contributed by atoms with Gasteiger partial charge in [0.25, 0.3) is 0 Å². The van der Waals surface area contributed by atoms with Crippen molar-refractivity contribution in [3.05, 3.63) is 23.3 Å². The quantitative estimate of drug-likeness (QED) is 0.449. The molecule has 0 aromatic heterocycles. The predicted molar refractivity (Wildman–Crippen MR) is 105 cm³/mol. The van der Waals surface area contributed by atoms with Gasteiger partial charge in [-0.1, -0.05) is 38.0 Å². The van der Waals surface area contributed by atoms with Gasteiger partial charge in [-0.05, 0) is 85.5 Å². The lowest BCUT2D eigenvalue weighted by Gasteiger charge is -2.56. The van der Waals surface area contributed by atoms with Crippen LogP contribution in [0.2, 0.25) is 0 Å². The Morgan fingerprint density at radius 3 is 2.58 bits per heavy atom. The van der Waals surface area contributed by atoms with Gasteiger partial charge in [0.05, 0.1) is 0 Å². The zero-order chi connectivity index (χ0) is 18.5. The third-order valence-electron chi connectivity index (χ3n) is 8.37. The smallest absolute Gasteiger partial charge is 0.155 e. The summed E-state index contributed by atoms with van der Waals surface area (Å²) in [5, 5.41) is 0. The van der Waals surface area contributed by atoms with Crippen molar-refractivity contribution >= 4 is 12.1 Å². The van der Waals surface area contributed by atoms with Crippen LogP contribution in [0, 0.1) is 34.5 Å². The number of hydrogen-bond donors (Lipinski definition) is 0. The number of carbonyl (C=O) groups is 2. The highest BCUT2D eigenvalue weighted by Crippen LogP contribution is 2.72. The molecule has 0 heterocycles. The van der Waals surface area contributed by atoms with Crippen molar-refractivity contribution in [3.63, 3.8) is 0 Å². The Morgan fingerprint density at radius 2 is 1.92 bits per heavy atom. The van der Waals surface area contributed by atoms with Crippen LogP contribution in [0.25, 0.3) is 0 Å². The zero-order valence-electron chi connectivity index (χ0n) is 16.7. The molecular formula is C24H34O2. The monoisotopic (exact) mass is 354 g/mol. The van der Waals surface area contributed by atoms with E-state index in [1.165, 1.54) is 38.5 Å². The second kappa shape index (κ2) is 6.46. The lowest BCUT2D eigenvalue weighted by Crippen LogP contribution is -2.48. The van der Waals surface area contributed by atoms with Crippen LogP contribution in [-0.2, 0) is 9.59 Å². The molecule has 2 nitrogen and oxygen atoms in total. The van der Waals surface area contributed by atoms with Gasteiger partial charge in [-0.15, -0.1) is 0 Å². The van der Waals surface area contributed by atoms with Crippen molar-refractivity contribution in [3.8, 4) is 0 Å². The first kappa shape index (κ1) is 18.2. The fourth-order valence-corrected chi connectivity index (χ4v) is 6.87. The molecule has 26 heavy (non-hydrogen) atoms. The van der Waals surface area contributed by atoms with Gasteiger partial charge < -0.3 is 4.79 Å². The minimum absolute atomic E-state index is 0.324. The van der Waals surface area contributed by atoms with E-state index in [-0.39, 0.29) is 0 Å². The van der Waals surface area contributed by atoms with Gasteiger partial charge in [0.1, 0.15) is 6.29 Å². The highest BCUT2D eigenvalue weighted by atomic mass is 16.1. The SMILES string of the molecule is CC1CC=C2C1CCC1C2CC2(CC2)C2=CC(=O)CCC21C.CCC=O. The minimum atomic E-state index is 0.324. The van der Waals surface area contributed by atoms with Gasteiger partial charge in [-0.2, -0.15) is 0 Å². The largest absolute Gasteiger partial charge is 0.303 e. The van der Waals surface area contributed by atoms with Crippen molar-refractivity contribution in [2.24, 2.45) is 34.5 Å². The summed E-state index contributed by atoms with van der Waals surface area (Å²) in [4.78, 5) is 21.2. The van der Waals surface area contributed by atoms with E-state index in [2.05, 4.69) is 26.0 Å². The van der Waals surface area contributed by atoms with Gasteiger partial charge in [-0.25, -0.2) is 0 Å². The molecule has 0 N–H and O–H groups in total. The Kier molecular flexibility index (Phi) is 4.52. The molecule has 0 amide bonds. The molecule has 0 saturated heterocycles. The third kappa shape index (κ3) is 2.67. The van der Waals surface area contributed by atoms with Crippen LogP contribution in [0.15, 0.2) is 23.3 Å². The molecule has 0 bridgehead atoms. The molecular weight excluding hydrogens is 320 g/mol. The molecule has 2 heteroatoms. The van der Waals surface area contributed by atoms with E-state index in [1.807, 2.05) is 12.5 Å². The number of hydrogen-bond acceptors (Lipinski definition) is 2. The van der Waals surface area contributed by atoms with E-state index in [4.69, 9.17) is 0 Å². The van der Waals surface area contributed by atoms with Crippen molar-refractivity contribution in [2.75, 3.05) is 0 Å². The molecule has 142 valence electrons. The summed E-state index contributed by atoms with van der Waals surface area (Å²) in [6.07, 6.45) is 16.3. The summed E-state index contributed by atoms with van der Waals surface area (Å²) in [5.74, 6) is 3.81. The Labute approximate surface area is 158 Å². The number of ketones is 1. The first-order valence-electron chi connectivity index (χ1n) is 10.8. The first-order valence-corrected chi connectivity index (χ1v) is 10.8. The maximum absolute atomic E-state index is 12.1. The highest BCUT2D eigenvalue weighted by Gasteiger charge is 2.62. The summed E-state index contributed by atoms with van der Waals surface area (Å²) in [7, 11) is 0. The molecule has 1 spiro atoms. The van der Waals surface area contributed by atoms with E-state index < -0.39 is 0 Å².